The van der Waals surface area contributed by atoms with E-state index in [4.69, 9.17) is 16.7 Å². The third kappa shape index (κ3) is 3.72. The molecule has 0 radical (unpaired) electrons. The molecule has 0 unspecified atom stereocenters. The molecule has 8 nitrogen and oxygen atoms in total. The molecule has 28 heavy (non-hydrogen) atoms. The van der Waals surface area contributed by atoms with Crippen molar-refractivity contribution in [1.29, 1.82) is 0 Å². The summed E-state index contributed by atoms with van der Waals surface area (Å²) in [5, 5.41) is 22.8. The molecule has 1 N–H and O–H groups in total. The Labute approximate surface area is 164 Å². The smallest absolute Gasteiger partial charge is 0.335 e. The van der Waals surface area contributed by atoms with Crippen LogP contribution in [0.4, 0.5) is 5.95 Å². The first-order chi connectivity index (χ1) is 13.6. The standard InChI is InChI=1S/C19H13ClN6O2/c20-15-2-1-3-16(8-15)26-17-14(11-23-26)10-21-19(24-17)25-22-9-12-4-6-13(7-5-12)18(27)28/h1-8,10-11H,9H2,(H,27,28). The fraction of sp³-hybridized carbons (Fsp3) is 0.0526. The van der Waals surface area contributed by atoms with Gasteiger partial charge in [0.2, 0.25) is 0 Å². The highest BCUT2D eigenvalue weighted by molar-refractivity contribution is 6.30. The lowest BCUT2D eigenvalue weighted by Crippen LogP contribution is -1.97. The van der Waals surface area contributed by atoms with Gasteiger partial charge < -0.3 is 5.11 Å². The second-order valence-electron chi connectivity index (χ2n) is 5.89. The summed E-state index contributed by atoms with van der Waals surface area (Å²) < 4.78 is 1.66. The number of rotatable bonds is 5. The predicted molar refractivity (Wildman–Crippen MR) is 103 cm³/mol. The average molecular weight is 393 g/mol. The molecule has 4 aromatic rings. The van der Waals surface area contributed by atoms with Gasteiger partial charge in [-0.3, -0.25) is 0 Å². The van der Waals surface area contributed by atoms with E-state index in [9.17, 15) is 4.79 Å². The molecule has 0 spiro atoms. The maximum atomic E-state index is 10.9. The number of halogens is 1. The normalized spacial score (nSPS) is 11.3. The van der Waals surface area contributed by atoms with E-state index in [-0.39, 0.29) is 18.1 Å². The quantitative estimate of drug-likeness (QED) is 0.505. The fourth-order valence-corrected chi connectivity index (χ4v) is 2.77. The van der Waals surface area contributed by atoms with E-state index in [2.05, 4.69) is 25.3 Å². The van der Waals surface area contributed by atoms with Gasteiger partial charge in [-0.05, 0) is 35.9 Å². The van der Waals surface area contributed by atoms with Gasteiger partial charge in [0.25, 0.3) is 5.95 Å². The van der Waals surface area contributed by atoms with Gasteiger partial charge in [-0.25, -0.2) is 14.5 Å². The zero-order valence-corrected chi connectivity index (χ0v) is 15.2. The summed E-state index contributed by atoms with van der Waals surface area (Å²) in [5.41, 5.74) is 2.43. The molecule has 4 rings (SSSR count). The number of hydrogen-bond donors (Lipinski definition) is 1. The van der Waals surface area contributed by atoms with Crippen LogP contribution in [0.25, 0.3) is 16.7 Å². The summed E-state index contributed by atoms with van der Waals surface area (Å²) in [6, 6.07) is 13.7. The molecule has 0 saturated heterocycles. The highest BCUT2D eigenvalue weighted by Gasteiger charge is 2.09. The van der Waals surface area contributed by atoms with Crippen molar-refractivity contribution in [3.05, 3.63) is 77.1 Å². The molecular formula is C19H13ClN6O2. The van der Waals surface area contributed by atoms with Crippen LogP contribution in [-0.2, 0) is 6.54 Å². The zero-order valence-electron chi connectivity index (χ0n) is 14.4. The van der Waals surface area contributed by atoms with Crippen molar-refractivity contribution in [3.63, 3.8) is 0 Å². The van der Waals surface area contributed by atoms with Crippen molar-refractivity contribution < 1.29 is 9.90 Å². The van der Waals surface area contributed by atoms with E-state index in [1.165, 1.54) is 12.1 Å². The van der Waals surface area contributed by atoms with Gasteiger partial charge in [-0.15, -0.1) is 5.11 Å². The van der Waals surface area contributed by atoms with Crippen LogP contribution in [0, 0.1) is 0 Å². The molecule has 2 aromatic carbocycles. The molecule has 0 bridgehead atoms. The Kier molecular flexibility index (Phi) is 4.77. The monoisotopic (exact) mass is 392 g/mol. The highest BCUT2D eigenvalue weighted by Crippen LogP contribution is 2.20. The molecule has 2 heterocycles. The van der Waals surface area contributed by atoms with Crippen molar-refractivity contribution in [2.75, 3.05) is 0 Å². The lowest BCUT2D eigenvalue weighted by molar-refractivity contribution is 0.0697. The van der Waals surface area contributed by atoms with Crippen molar-refractivity contribution >= 4 is 34.6 Å². The maximum Gasteiger partial charge on any atom is 0.335 e. The fourth-order valence-electron chi connectivity index (χ4n) is 2.59. The first-order valence-electron chi connectivity index (χ1n) is 8.26. The molecule has 0 aliphatic carbocycles. The van der Waals surface area contributed by atoms with Crippen molar-refractivity contribution in [3.8, 4) is 5.69 Å². The lowest BCUT2D eigenvalue weighted by Gasteiger charge is -2.03. The summed E-state index contributed by atoms with van der Waals surface area (Å²) in [5.74, 6) is -0.760. The van der Waals surface area contributed by atoms with Crippen LogP contribution in [0.5, 0.6) is 0 Å². The van der Waals surface area contributed by atoms with E-state index in [1.54, 1.807) is 41.3 Å². The van der Waals surface area contributed by atoms with Gasteiger partial charge in [0.1, 0.15) is 0 Å². The second-order valence-corrected chi connectivity index (χ2v) is 6.32. The van der Waals surface area contributed by atoms with Crippen LogP contribution in [-0.4, -0.2) is 30.8 Å². The van der Waals surface area contributed by atoms with Gasteiger partial charge in [-0.1, -0.05) is 29.8 Å². The Morgan fingerprint density at radius 2 is 1.96 bits per heavy atom. The third-order valence-electron chi connectivity index (χ3n) is 3.96. The number of carbonyl (C=O) groups is 1. The minimum absolute atomic E-state index is 0.207. The van der Waals surface area contributed by atoms with Crippen LogP contribution < -0.4 is 0 Å². The number of aromatic nitrogens is 4. The van der Waals surface area contributed by atoms with Gasteiger partial charge in [0.15, 0.2) is 5.65 Å². The molecule has 0 aliphatic rings. The Bertz CT molecular complexity index is 1190. The van der Waals surface area contributed by atoms with Crippen LogP contribution in [0.1, 0.15) is 15.9 Å². The number of fused-ring (bicyclic) bond motifs is 1. The number of carboxylic acid groups (broad SMARTS) is 1. The number of azo groups is 1. The van der Waals surface area contributed by atoms with Crippen molar-refractivity contribution in [2.24, 2.45) is 10.2 Å². The number of benzene rings is 2. The second kappa shape index (κ2) is 7.53. The van der Waals surface area contributed by atoms with E-state index >= 15 is 0 Å². The Balaban J connectivity index is 1.56. The number of aromatic carboxylic acids is 1. The van der Waals surface area contributed by atoms with Gasteiger partial charge in [-0.2, -0.15) is 15.2 Å². The van der Waals surface area contributed by atoms with Crippen LogP contribution in [0.15, 0.2) is 71.2 Å². The molecule has 2 aromatic heterocycles. The van der Waals surface area contributed by atoms with Gasteiger partial charge in [0, 0.05) is 11.2 Å². The first kappa shape index (κ1) is 17.7. The molecule has 0 amide bonds. The van der Waals surface area contributed by atoms with Crippen LogP contribution >= 0.6 is 11.6 Å². The Morgan fingerprint density at radius 1 is 1.14 bits per heavy atom. The molecule has 0 atom stereocenters. The van der Waals surface area contributed by atoms with Crippen LogP contribution in [0.3, 0.4) is 0 Å². The molecule has 0 aliphatic heterocycles. The third-order valence-corrected chi connectivity index (χ3v) is 4.20. The SMILES string of the molecule is O=C(O)c1ccc(CN=Nc2ncc3cnn(-c4cccc(Cl)c4)c3n2)cc1. The van der Waals surface area contributed by atoms with Crippen LogP contribution in [0.2, 0.25) is 5.02 Å². The zero-order chi connectivity index (χ0) is 19.5. The minimum Gasteiger partial charge on any atom is -0.478 e. The van der Waals surface area contributed by atoms with Crippen molar-refractivity contribution in [2.45, 2.75) is 6.54 Å². The summed E-state index contributed by atoms with van der Waals surface area (Å²) in [4.78, 5) is 19.5. The summed E-state index contributed by atoms with van der Waals surface area (Å²) in [6.07, 6.45) is 3.30. The predicted octanol–water partition coefficient (Wildman–Crippen LogP) is 4.45. The van der Waals surface area contributed by atoms with Gasteiger partial charge >= 0.3 is 5.97 Å². The maximum absolute atomic E-state index is 10.9. The summed E-state index contributed by atoms with van der Waals surface area (Å²) >= 11 is 6.06. The lowest BCUT2D eigenvalue weighted by atomic mass is 10.1. The number of nitrogens with zero attached hydrogens (tertiary/aromatic N) is 6. The van der Waals surface area contributed by atoms with Crippen molar-refractivity contribution in [1.82, 2.24) is 19.7 Å². The molecule has 0 saturated carbocycles. The Hall–Kier alpha value is -3.65. The Morgan fingerprint density at radius 3 is 2.71 bits per heavy atom. The molecule has 138 valence electrons. The van der Waals surface area contributed by atoms with E-state index in [1.807, 2.05) is 12.1 Å². The molecular weight excluding hydrogens is 380 g/mol. The van der Waals surface area contributed by atoms with Gasteiger partial charge in [0.05, 0.1) is 29.4 Å². The topological polar surface area (TPSA) is 106 Å². The summed E-state index contributed by atoms with van der Waals surface area (Å²) in [7, 11) is 0. The number of hydrogen-bond acceptors (Lipinski definition) is 6. The van der Waals surface area contributed by atoms with E-state index in [0.29, 0.717) is 10.7 Å². The van der Waals surface area contributed by atoms with E-state index < -0.39 is 5.97 Å². The highest BCUT2D eigenvalue weighted by atomic mass is 35.5. The largest absolute Gasteiger partial charge is 0.478 e. The van der Waals surface area contributed by atoms with E-state index in [0.717, 1.165) is 16.6 Å². The average Bonchev–Trinajstić information content (AvgIpc) is 3.12. The first-order valence-corrected chi connectivity index (χ1v) is 8.64. The molecule has 0 fully saturated rings. The minimum atomic E-state index is -0.966. The molecule has 9 heteroatoms. The summed E-state index contributed by atoms with van der Waals surface area (Å²) in [6.45, 7) is 0.287. The number of carboxylic acids is 1.